The second-order valence-corrected chi connectivity index (χ2v) is 5.39. The zero-order valence-electron chi connectivity index (χ0n) is 5.56. The van der Waals surface area contributed by atoms with Gasteiger partial charge >= 0.3 is 0 Å². The van der Waals surface area contributed by atoms with Gasteiger partial charge < -0.3 is 5.11 Å². The molecule has 0 atom stereocenters. The summed E-state index contributed by atoms with van der Waals surface area (Å²) in [5.41, 5.74) is 0.723. The molecule has 0 heterocycles. The fourth-order valence-corrected chi connectivity index (χ4v) is 1.58. The molecule has 58 valence electrons. The molecule has 0 amide bonds. The third-order valence-corrected chi connectivity index (χ3v) is 2.68. The monoisotopic (exact) mass is 202 g/mol. The highest BCUT2D eigenvalue weighted by molar-refractivity contribution is 8.45. The first-order valence-electron chi connectivity index (χ1n) is 2.92. The molecule has 11 heavy (non-hydrogen) atoms. The van der Waals surface area contributed by atoms with E-state index in [1.54, 1.807) is 12.1 Å². The molecule has 0 saturated carbocycles. The predicted molar refractivity (Wildman–Crippen MR) is 55.3 cm³/mol. The van der Waals surface area contributed by atoms with Crippen LogP contribution in [0.3, 0.4) is 0 Å². The lowest BCUT2D eigenvalue weighted by Gasteiger charge is -1.93. The normalized spacial score (nSPS) is 9.18. The van der Waals surface area contributed by atoms with E-state index in [0.29, 0.717) is 0 Å². The molecule has 0 radical (unpaired) electrons. The van der Waals surface area contributed by atoms with Crippen LogP contribution in [0.15, 0.2) is 30.3 Å². The molecule has 0 aliphatic heterocycles. The largest absolute Gasteiger partial charge is 0.351 e. The summed E-state index contributed by atoms with van der Waals surface area (Å²) in [7, 11) is -0.872. The molecule has 0 unspecified atom stereocenters. The summed E-state index contributed by atoms with van der Waals surface area (Å²) in [5, 5.41) is 9.44. The molecular weight excluding hydrogens is 196 g/mol. The topological polar surface area (TPSA) is 20.2 Å². The van der Waals surface area contributed by atoms with Gasteiger partial charge in [-0.1, -0.05) is 30.3 Å². The molecular formula is C7H6OS3. The Morgan fingerprint density at radius 2 is 1.73 bits per heavy atom. The lowest BCUT2D eigenvalue weighted by Crippen LogP contribution is -1.97. The van der Waals surface area contributed by atoms with E-state index >= 15 is 0 Å². The zero-order valence-corrected chi connectivity index (χ0v) is 8.01. The van der Waals surface area contributed by atoms with Gasteiger partial charge in [-0.25, -0.2) is 0 Å². The molecule has 0 aliphatic rings. The van der Waals surface area contributed by atoms with Crippen molar-refractivity contribution in [3.05, 3.63) is 35.9 Å². The zero-order chi connectivity index (χ0) is 8.27. The van der Waals surface area contributed by atoms with Gasteiger partial charge in [0.2, 0.25) is 0 Å². The standard InChI is InChI=1S/C7H6OS3/c8-7(11(9)10)6-4-2-1-3-5-6/h1-5,8H. The van der Waals surface area contributed by atoms with Crippen molar-refractivity contribution < 1.29 is 5.11 Å². The highest BCUT2D eigenvalue weighted by Gasteiger charge is 1.93. The molecule has 1 nitrogen and oxygen atoms in total. The SMILES string of the molecule is OC(c1ccccc1)=S(=S)=S. The Kier molecular flexibility index (Phi) is 3.14. The van der Waals surface area contributed by atoms with Crippen molar-refractivity contribution in [2.45, 2.75) is 0 Å². The average molecular weight is 202 g/mol. The van der Waals surface area contributed by atoms with Gasteiger partial charge in [-0.05, 0) is 30.0 Å². The Labute approximate surface area is 76.1 Å². The highest BCUT2D eigenvalue weighted by Crippen LogP contribution is 1.97. The summed E-state index contributed by atoms with van der Waals surface area (Å²) in [4.78, 5) is 0. The van der Waals surface area contributed by atoms with Gasteiger partial charge in [0, 0.05) is 5.56 Å². The molecule has 0 aromatic heterocycles. The van der Waals surface area contributed by atoms with E-state index < -0.39 is 7.60 Å². The quantitative estimate of drug-likeness (QED) is 0.693. The van der Waals surface area contributed by atoms with Gasteiger partial charge in [0.25, 0.3) is 0 Å². The average Bonchev–Trinajstić information content (AvgIpc) is 2.05. The van der Waals surface area contributed by atoms with Crippen LogP contribution in [0.25, 0.3) is 0 Å². The van der Waals surface area contributed by atoms with Gasteiger partial charge in [-0.2, -0.15) is 0 Å². The second kappa shape index (κ2) is 3.92. The Bertz CT molecular complexity index is 356. The van der Waals surface area contributed by atoms with E-state index in [0.717, 1.165) is 5.56 Å². The summed E-state index contributed by atoms with van der Waals surface area (Å²) in [6.45, 7) is 0. The fourth-order valence-electron chi connectivity index (χ4n) is 0.677. The van der Waals surface area contributed by atoms with Gasteiger partial charge in [-0.15, -0.1) is 0 Å². The number of hydrogen-bond acceptors (Lipinski definition) is 2. The van der Waals surface area contributed by atoms with Crippen LogP contribution in [-0.2, 0) is 30.0 Å². The van der Waals surface area contributed by atoms with E-state index in [1.807, 2.05) is 18.2 Å². The van der Waals surface area contributed by atoms with E-state index in [2.05, 4.69) is 0 Å². The van der Waals surface area contributed by atoms with E-state index in [4.69, 9.17) is 22.4 Å². The molecule has 1 rings (SSSR count). The molecule has 0 bridgehead atoms. The minimum absolute atomic E-state index is 0.121. The summed E-state index contributed by atoms with van der Waals surface area (Å²) in [6.07, 6.45) is 0. The predicted octanol–water partition coefficient (Wildman–Crippen LogP) is 1.26. The number of aliphatic hydroxyl groups is 1. The van der Waals surface area contributed by atoms with Crippen LogP contribution in [0, 0.1) is 0 Å². The number of rotatable bonds is 1. The summed E-state index contributed by atoms with van der Waals surface area (Å²) < 4.78 is 0. The van der Waals surface area contributed by atoms with Crippen molar-refractivity contribution in [1.82, 2.24) is 0 Å². The fraction of sp³-hybridized carbons (Fsp3) is 0. The van der Waals surface area contributed by atoms with Crippen LogP contribution < -0.4 is 0 Å². The van der Waals surface area contributed by atoms with Gasteiger partial charge in [-0.3, -0.25) is 0 Å². The van der Waals surface area contributed by atoms with Crippen LogP contribution >= 0.6 is 0 Å². The van der Waals surface area contributed by atoms with Crippen LogP contribution in [0.5, 0.6) is 0 Å². The summed E-state index contributed by atoms with van der Waals surface area (Å²) in [5.74, 6) is 0. The van der Waals surface area contributed by atoms with Gasteiger partial charge in [0.1, 0.15) is 5.05 Å². The highest BCUT2D eigenvalue weighted by atomic mass is 33.1. The van der Waals surface area contributed by atoms with Crippen molar-refractivity contribution in [1.29, 1.82) is 0 Å². The lowest BCUT2D eigenvalue weighted by molar-refractivity contribution is 0.571. The summed E-state index contributed by atoms with van der Waals surface area (Å²) in [6, 6.07) is 9.12. The van der Waals surface area contributed by atoms with Crippen molar-refractivity contribution >= 4 is 35.0 Å². The summed E-state index contributed by atoms with van der Waals surface area (Å²) >= 11 is 9.48. The maximum absolute atomic E-state index is 9.32. The molecule has 4 heteroatoms. The number of benzene rings is 1. The molecule has 1 N–H and O–H groups in total. The molecule has 0 saturated heterocycles. The molecule has 0 spiro atoms. The minimum Gasteiger partial charge on any atom is -0.351 e. The lowest BCUT2D eigenvalue weighted by atomic mass is 10.2. The maximum Gasteiger partial charge on any atom is 0.145 e. The van der Waals surface area contributed by atoms with Crippen molar-refractivity contribution in [3.8, 4) is 0 Å². The Morgan fingerprint density at radius 1 is 1.18 bits per heavy atom. The van der Waals surface area contributed by atoms with Crippen LogP contribution in [0.1, 0.15) is 5.56 Å². The molecule has 0 aliphatic carbocycles. The van der Waals surface area contributed by atoms with Crippen molar-refractivity contribution in [2.75, 3.05) is 0 Å². The minimum atomic E-state index is -0.872. The van der Waals surface area contributed by atoms with Gasteiger partial charge in [0.15, 0.2) is 0 Å². The Morgan fingerprint density at radius 3 is 2.18 bits per heavy atom. The second-order valence-electron chi connectivity index (χ2n) is 1.91. The van der Waals surface area contributed by atoms with Crippen LogP contribution in [0.2, 0.25) is 0 Å². The van der Waals surface area contributed by atoms with E-state index in [1.165, 1.54) is 0 Å². The van der Waals surface area contributed by atoms with Crippen LogP contribution in [-0.4, -0.2) is 10.2 Å². The first-order chi connectivity index (χ1) is 5.22. The third-order valence-electron chi connectivity index (χ3n) is 1.18. The van der Waals surface area contributed by atoms with E-state index in [9.17, 15) is 5.11 Å². The first kappa shape index (κ1) is 8.80. The Balaban J connectivity index is 3.26. The molecule has 1 aromatic rings. The van der Waals surface area contributed by atoms with Crippen molar-refractivity contribution in [2.24, 2.45) is 0 Å². The van der Waals surface area contributed by atoms with Gasteiger partial charge in [0.05, 0.1) is 0 Å². The van der Waals surface area contributed by atoms with Crippen LogP contribution in [0.4, 0.5) is 0 Å². The maximum atomic E-state index is 9.32. The van der Waals surface area contributed by atoms with E-state index in [-0.39, 0.29) is 5.05 Å². The third kappa shape index (κ3) is 2.34. The van der Waals surface area contributed by atoms with Crippen molar-refractivity contribution in [3.63, 3.8) is 0 Å². The smallest absolute Gasteiger partial charge is 0.145 e. The number of hydrogen-bond donors (Lipinski definition) is 1. The molecule has 1 aromatic carbocycles. The first-order valence-corrected chi connectivity index (χ1v) is 6.00. The Hall–Kier alpha value is -0.290. The number of aliphatic hydroxyl groups excluding tert-OH is 1. The molecule has 0 fully saturated rings.